The predicted octanol–water partition coefficient (Wildman–Crippen LogP) is 3.50. The lowest BCUT2D eigenvalue weighted by Crippen LogP contribution is -2.30. The molecule has 0 N–H and O–H groups in total. The van der Waals surface area contributed by atoms with E-state index in [0.717, 1.165) is 6.07 Å². The van der Waals surface area contributed by atoms with Crippen LogP contribution in [0.3, 0.4) is 0 Å². The Kier molecular flexibility index (Phi) is 5.48. The van der Waals surface area contributed by atoms with Gasteiger partial charge in [-0.05, 0) is 31.0 Å². The molecular formula is C14H16ClFO3. The van der Waals surface area contributed by atoms with E-state index >= 15 is 0 Å². The van der Waals surface area contributed by atoms with Gasteiger partial charge in [-0.3, -0.25) is 9.59 Å². The number of ether oxygens (including phenoxy) is 1. The average molecular weight is 287 g/mol. The van der Waals surface area contributed by atoms with Crippen LogP contribution in [0.4, 0.5) is 4.39 Å². The lowest BCUT2D eigenvalue weighted by molar-refractivity contribution is -0.147. The minimum absolute atomic E-state index is 0.141. The Labute approximate surface area is 116 Å². The van der Waals surface area contributed by atoms with Crippen molar-refractivity contribution in [2.45, 2.75) is 20.8 Å². The molecule has 0 bridgehead atoms. The highest BCUT2D eigenvalue weighted by molar-refractivity contribution is 6.31. The molecule has 0 aliphatic rings. The van der Waals surface area contributed by atoms with Crippen molar-refractivity contribution in [2.24, 2.45) is 11.8 Å². The topological polar surface area (TPSA) is 43.4 Å². The highest BCUT2D eigenvalue weighted by Gasteiger charge is 2.32. The van der Waals surface area contributed by atoms with Crippen LogP contribution >= 0.6 is 11.6 Å². The van der Waals surface area contributed by atoms with Gasteiger partial charge in [0.05, 0.1) is 11.6 Å². The Bertz CT molecular complexity index is 486. The highest BCUT2D eigenvalue weighted by Crippen LogP contribution is 2.22. The zero-order valence-corrected chi connectivity index (χ0v) is 11.8. The molecule has 5 heteroatoms. The van der Waals surface area contributed by atoms with Gasteiger partial charge in [-0.15, -0.1) is 0 Å². The lowest BCUT2D eigenvalue weighted by Gasteiger charge is -2.18. The first-order valence-electron chi connectivity index (χ1n) is 6.04. The van der Waals surface area contributed by atoms with Crippen molar-refractivity contribution in [3.63, 3.8) is 0 Å². The van der Waals surface area contributed by atoms with Crippen LogP contribution in [0.2, 0.25) is 5.02 Å². The normalized spacial score (nSPS) is 12.3. The van der Waals surface area contributed by atoms with E-state index in [2.05, 4.69) is 0 Å². The number of carbonyl (C=O) groups is 2. The van der Waals surface area contributed by atoms with Gasteiger partial charge in [0.15, 0.2) is 5.78 Å². The number of hydrogen-bond donors (Lipinski definition) is 0. The molecule has 1 atom stereocenters. The Balaban J connectivity index is 3.05. The molecule has 1 aromatic rings. The summed E-state index contributed by atoms with van der Waals surface area (Å²) in [5.74, 6) is -2.69. The molecule has 1 rings (SSSR count). The van der Waals surface area contributed by atoms with E-state index in [1.165, 1.54) is 12.1 Å². The fourth-order valence-corrected chi connectivity index (χ4v) is 1.92. The van der Waals surface area contributed by atoms with Crippen molar-refractivity contribution in [1.82, 2.24) is 0 Å². The summed E-state index contributed by atoms with van der Waals surface area (Å²) in [5, 5.41) is -0.141. The minimum atomic E-state index is -0.901. The van der Waals surface area contributed by atoms with Gasteiger partial charge in [0.1, 0.15) is 11.7 Å². The first-order chi connectivity index (χ1) is 8.88. The predicted molar refractivity (Wildman–Crippen MR) is 70.7 cm³/mol. The van der Waals surface area contributed by atoms with Gasteiger partial charge in [0.2, 0.25) is 0 Å². The second-order valence-electron chi connectivity index (χ2n) is 4.47. The molecule has 1 aromatic carbocycles. The summed E-state index contributed by atoms with van der Waals surface area (Å²) < 4.78 is 18.0. The van der Waals surface area contributed by atoms with Crippen molar-refractivity contribution in [3.05, 3.63) is 34.6 Å². The van der Waals surface area contributed by atoms with Crippen LogP contribution in [0.5, 0.6) is 0 Å². The number of halogens is 2. The molecule has 0 saturated carbocycles. The number of rotatable bonds is 5. The van der Waals surface area contributed by atoms with Crippen molar-refractivity contribution in [3.8, 4) is 0 Å². The maximum absolute atomic E-state index is 13.1. The molecule has 1 unspecified atom stereocenters. The zero-order chi connectivity index (χ0) is 14.6. The van der Waals surface area contributed by atoms with Gasteiger partial charge in [-0.1, -0.05) is 25.4 Å². The third-order valence-electron chi connectivity index (χ3n) is 2.69. The van der Waals surface area contributed by atoms with Crippen LogP contribution in [0, 0.1) is 17.7 Å². The molecule has 0 saturated heterocycles. The summed E-state index contributed by atoms with van der Waals surface area (Å²) in [6.45, 7) is 5.39. The Morgan fingerprint density at radius 1 is 1.37 bits per heavy atom. The second-order valence-corrected chi connectivity index (χ2v) is 4.87. The number of esters is 1. The quantitative estimate of drug-likeness (QED) is 0.473. The van der Waals surface area contributed by atoms with E-state index in [-0.39, 0.29) is 23.1 Å². The molecule has 0 aliphatic heterocycles. The molecule has 0 radical (unpaired) electrons. The van der Waals surface area contributed by atoms with Crippen molar-refractivity contribution in [1.29, 1.82) is 0 Å². The van der Waals surface area contributed by atoms with Gasteiger partial charge in [-0.25, -0.2) is 4.39 Å². The largest absolute Gasteiger partial charge is 0.465 e. The first-order valence-corrected chi connectivity index (χ1v) is 6.42. The van der Waals surface area contributed by atoms with Crippen LogP contribution < -0.4 is 0 Å². The number of hydrogen-bond acceptors (Lipinski definition) is 3. The third kappa shape index (κ3) is 3.77. The summed E-state index contributed by atoms with van der Waals surface area (Å²) in [6.07, 6.45) is 0. The number of Topliss-reactive ketones (excluding diaryl/α,β-unsaturated/α-hetero) is 1. The first kappa shape index (κ1) is 15.6. The van der Waals surface area contributed by atoms with E-state index in [4.69, 9.17) is 16.3 Å². The van der Waals surface area contributed by atoms with E-state index in [1.54, 1.807) is 20.8 Å². The van der Waals surface area contributed by atoms with Gasteiger partial charge in [0.25, 0.3) is 0 Å². The Hall–Kier alpha value is -1.42. The van der Waals surface area contributed by atoms with E-state index in [1.807, 2.05) is 0 Å². The van der Waals surface area contributed by atoms with Crippen LogP contribution in [0.15, 0.2) is 18.2 Å². The Morgan fingerprint density at radius 2 is 2.00 bits per heavy atom. The van der Waals surface area contributed by atoms with Crippen molar-refractivity contribution < 1.29 is 18.7 Å². The van der Waals surface area contributed by atoms with Crippen LogP contribution in [0.1, 0.15) is 31.1 Å². The van der Waals surface area contributed by atoms with Gasteiger partial charge in [-0.2, -0.15) is 0 Å². The summed E-state index contributed by atoms with van der Waals surface area (Å²) in [7, 11) is 0. The summed E-state index contributed by atoms with van der Waals surface area (Å²) in [6, 6.07) is 3.66. The van der Waals surface area contributed by atoms with E-state index in [9.17, 15) is 14.0 Å². The maximum Gasteiger partial charge on any atom is 0.317 e. The zero-order valence-electron chi connectivity index (χ0n) is 11.1. The van der Waals surface area contributed by atoms with Crippen LogP contribution in [-0.2, 0) is 9.53 Å². The van der Waals surface area contributed by atoms with Gasteiger partial charge < -0.3 is 4.74 Å². The van der Waals surface area contributed by atoms with Crippen LogP contribution in [-0.4, -0.2) is 18.4 Å². The minimum Gasteiger partial charge on any atom is -0.465 e. The van der Waals surface area contributed by atoms with Crippen LogP contribution in [0.25, 0.3) is 0 Å². The van der Waals surface area contributed by atoms with Gasteiger partial charge in [0, 0.05) is 5.56 Å². The summed E-state index contributed by atoms with van der Waals surface area (Å²) >= 11 is 5.64. The molecule has 3 nitrogen and oxygen atoms in total. The van der Waals surface area contributed by atoms with E-state index in [0.29, 0.717) is 0 Å². The molecule has 19 heavy (non-hydrogen) atoms. The molecule has 0 aliphatic carbocycles. The van der Waals surface area contributed by atoms with Crippen molar-refractivity contribution in [2.75, 3.05) is 6.61 Å². The van der Waals surface area contributed by atoms with E-state index < -0.39 is 23.5 Å². The SMILES string of the molecule is CCOC(=O)C(C(=O)c1ccc(F)c(Cl)c1)C(C)C. The monoisotopic (exact) mass is 286 g/mol. The molecule has 104 valence electrons. The summed E-state index contributed by atoms with van der Waals surface area (Å²) in [5.41, 5.74) is 0.207. The fourth-order valence-electron chi connectivity index (χ4n) is 1.74. The smallest absolute Gasteiger partial charge is 0.317 e. The fraction of sp³-hybridized carbons (Fsp3) is 0.429. The molecule has 0 aromatic heterocycles. The molecule has 0 amide bonds. The number of ketones is 1. The molecular weight excluding hydrogens is 271 g/mol. The van der Waals surface area contributed by atoms with Crippen molar-refractivity contribution >= 4 is 23.4 Å². The average Bonchev–Trinajstić information content (AvgIpc) is 2.32. The molecule has 0 heterocycles. The maximum atomic E-state index is 13.1. The highest BCUT2D eigenvalue weighted by atomic mass is 35.5. The number of carbonyl (C=O) groups excluding carboxylic acids is 2. The molecule has 0 spiro atoms. The number of benzene rings is 1. The van der Waals surface area contributed by atoms with Gasteiger partial charge >= 0.3 is 5.97 Å². The third-order valence-corrected chi connectivity index (χ3v) is 2.98. The summed E-state index contributed by atoms with van der Waals surface area (Å²) in [4.78, 5) is 24.1. The standard InChI is InChI=1S/C14H16ClFO3/c1-4-19-14(18)12(8(2)3)13(17)9-5-6-11(16)10(15)7-9/h5-8,12H,4H2,1-3H3. The lowest BCUT2D eigenvalue weighted by atomic mass is 9.88. The second kappa shape index (κ2) is 6.66. The Morgan fingerprint density at radius 3 is 2.47 bits per heavy atom. The molecule has 0 fully saturated rings.